The van der Waals surface area contributed by atoms with Gasteiger partial charge in [0.25, 0.3) is 0 Å². The van der Waals surface area contributed by atoms with E-state index in [2.05, 4.69) is 6.92 Å². The van der Waals surface area contributed by atoms with Gasteiger partial charge >= 0.3 is 11.9 Å². The Hall–Kier alpha value is -3.02. The van der Waals surface area contributed by atoms with Crippen molar-refractivity contribution in [3.63, 3.8) is 0 Å². The first-order valence-corrected chi connectivity index (χ1v) is 9.57. The summed E-state index contributed by atoms with van der Waals surface area (Å²) >= 11 is 0. The van der Waals surface area contributed by atoms with Gasteiger partial charge in [-0.15, -0.1) is 0 Å². The Bertz CT molecular complexity index is 789. The van der Waals surface area contributed by atoms with Gasteiger partial charge in [0.15, 0.2) is 0 Å². The first-order chi connectivity index (χ1) is 13.6. The number of rotatable bonds is 10. The summed E-state index contributed by atoms with van der Waals surface area (Å²) in [5.41, 5.74) is 6.53. The largest absolute Gasteiger partial charge is 0.493 e. The van der Waals surface area contributed by atoms with E-state index in [0.29, 0.717) is 19.0 Å². The number of carbonyl (C=O) groups excluding carboxylic acids is 2. The normalized spacial score (nSPS) is 10.4. The highest BCUT2D eigenvalue weighted by atomic mass is 16.6. The van der Waals surface area contributed by atoms with Gasteiger partial charge in [-0.05, 0) is 25.0 Å². The number of hydrogen-bond acceptors (Lipinski definition) is 6. The van der Waals surface area contributed by atoms with E-state index < -0.39 is 11.9 Å². The number of hydrogen-bond donors (Lipinski definition) is 1. The number of esters is 2. The van der Waals surface area contributed by atoms with E-state index >= 15 is 0 Å². The van der Waals surface area contributed by atoms with Crippen molar-refractivity contribution in [3.05, 3.63) is 53.6 Å². The standard InChI is InChI=1S/C22H27NO5/c1-3-5-12-26-17-14-18(23)20(19(15-17)27-13-6-4-2)22(25)28-21(24)16-10-8-7-9-11-16/h7-11,14-15H,3-6,12-13,23H2,1-2H3. The summed E-state index contributed by atoms with van der Waals surface area (Å²) in [6, 6.07) is 11.5. The summed E-state index contributed by atoms with van der Waals surface area (Å²) in [6.07, 6.45) is 3.66. The predicted octanol–water partition coefficient (Wildman–Crippen LogP) is 4.62. The highest BCUT2D eigenvalue weighted by Crippen LogP contribution is 2.32. The van der Waals surface area contributed by atoms with Gasteiger partial charge in [0.05, 0.1) is 24.5 Å². The summed E-state index contributed by atoms with van der Waals surface area (Å²) in [5, 5.41) is 0. The van der Waals surface area contributed by atoms with Crippen molar-refractivity contribution < 1.29 is 23.8 Å². The van der Waals surface area contributed by atoms with Crippen LogP contribution >= 0.6 is 0 Å². The highest BCUT2D eigenvalue weighted by molar-refractivity contribution is 6.06. The Morgan fingerprint density at radius 3 is 2.18 bits per heavy atom. The van der Waals surface area contributed by atoms with E-state index in [1.165, 1.54) is 0 Å². The van der Waals surface area contributed by atoms with E-state index in [9.17, 15) is 9.59 Å². The molecule has 0 aliphatic rings. The smallest absolute Gasteiger partial charge is 0.351 e. The number of unbranched alkanes of at least 4 members (excludes halogenated alkanes) is 2. The molecular formula is C22H27NO5. The summed E-state index contributed by atoms with van der Waals surface area (Å²) < 4.78 is 16.4. The third-order valence-corrected chi connectivity index (χ3v) is 4.03. The number of ether oxygens (including phenoxy) is 3. The third-order valence-electron chi connectivity index (χ3n) is 4.03. The fourth-order valence-corrected chi connectivity index (χ4v) is 2.46. The first kappa shape index (κ1) is 21.3. The molecule has 0 atom stereocenters. The number of benzene rings is 2. The highest BCUT2D eigenvalue weighted by Gasteiger charge is 2.23. The zero-order valence-corrected chi connectivity index (χ0v) is 16.4. The van der Waals surface area contributed by atoms with Crippen LogP contribution in [0.4, 0.5) is 5.69 Å². The van der Waals surface area contributed by atoms with E-state index in [1.54, 1.807) is 42.5 Å². The lowest BCUT2D eigenvalue weighted by atomic mass is 10.1. The number of carbonyl (C=O) groups is 2. The molecule has 0 unspecified atom stereocenters. The van der Waals surface area contributed by atoms with Crippen molar-refractivity contribution in [1.29, 1.82) is 0 Å². The fraction of sp³-hybridized carbons (Fsp3) is 0.364. The van der Waals surface area contributed by atoms with Crippen molar-refractivity contribution >= 4 is 17.6 Å². The molecule has 2 aromatic rings. The predicted molar refractivity (Wildman–Crippen MR) is 108 cm³/mol. The molecule has 28 heavy (non-hydrogen) atoms. The lowest BCUT2D eigenvalue weighted by molar-refractivity contribution is 0.0396. The Morgan fingerprint density at radius 1 is 0.893 bits per heavy atom. The second-order valence-corrected chi connectivity index (χ2v) is 6.33. The molecule has 6 heteroatoms. The Balaban J connectivity index is 2.23. The molecule has 0 aliphatic heterocycles. The minimum Gasteiger partial charge on any atom is -0.493 e. The molecule has 2 aromatic carbocycles. The van der Waals surface area contributed by atoms with Crippen molar-refractivity contribution in [3.8, 4) is 11.5 Å². The second kappa shape index (κ2) is 11.0. The van der Waals surface area contributed by atoms with Gasteiger partial charge in [-0.25, -0.2) is 9.59 Å². The van der Waals surface area contributed by atoms with Gasteiger partial charge in [0.1, 0.15) is 17.1 Å². The molecule has 6 nitrogen and oxygen atoms in total. The van der Waals surface area contributed by atoms with Crippen LogP contribution in [0.5, 0.6) is 11.5 Å². The van der Waals surface area contributed by atoms with Crippen LogP contribution in [0.15, 0.2) is 42.5 Å². The van der Waals surface area contributed by atoms with Crippen molar-refractivity contribution in [2.75, 3.05) is 18.9 Å². The van der Waals surface area contributed by atoms with Crippen LogP contribution in [0, 0.1) is 0 Å². The van der Waals surface area contributed by atoms with Crippen LogP contribution in [0.1, 0.15) is 60.2 Å². The lowest BCUT2D eigenvalue weighted by Crippen LogP contribution is -2.16. The van der Waals surface area contributed by atoms with E-state index in [0.717, 1.165) is 25.7 Å². The lowest BCUT2D eigenvalue weighted by Gasteiger charge is -2.15. The molecule has 2 N–H and O–H groups in total. The van der Waals surface area contributed by atoms with Crippen molar-refractivity contribution in [2.24, 2.45) is 0 Å². The number of anilines is 1. The zero-order valence-electron chi connectivity index (χ0n) is 16.4. The van der Waals surface area contributed by atoms with Gasteiger partial charge in [-0.2, -0.15) is 0 Å². The molecule has 150 valence electrons. The maximum absolute atomic E-state index is 12.6. The maximum Gasteiger partial charge on any atom is 0.351 e. The van der Waals surface area contributed by atoms with Gasteiger partial charge in [-0.3, -0.25) is 0 Å². The Morgan fingerprint density at radius 2 is 1.54 bits per heavy atom. The van der Waals surface area contributed by atoms with Crippen LogP contribution in [0.25, 0.3) is 0 Å². The average molecular weight is 385 g/mol. The van der Waals surface area contributed by atoms with E-state index in [4.69, 9.17) is 19.9 Å². The average Bonchev–Trinajstić information content (AvgIpc) is 2.68. The minimum atomic E-state index is -0.849. The minimum absolute atomic E-state index is 0.0308. The molecule has 0 aliphatic carbocycles. The molecule has 2 rings (SSSR count). The maximum atomic E-state index is 12.6. The van der Waals surface area contributed by atoms with E-state index in [1.807, 2.05) is 6.92 Å². The van der Waals surface area contributed by atoms with Gasteiger partial charge < -0.3 is 19.9 Å². The molecule has 0 spiro atoms. The molecular weight excluding hydrogens is 358 g/mol. The van der Waals surface area contributed by atoms with Crippen LogP contribution < -0.4 is 15.2 Å². The van der Waals surface area contributed by atoms with Crippen LogP contribution in [-0.2, 0) is 4.74 Å². The molecule has 0 fully saturated rings. The first-order valence-electron chi connectivity index (χ1n) is 9.57. The van der Waals surface area contributed by atoms with Crippen molar-refractivity contribution in [1.82, 2.24) is 0 Å². The molecule has 0 saturated carbocycles. The Labute approximate surface area is 165 Å². The summed E-state index contributed by atoms with van der Waals surface area (Å²) in [4.78, 5) is 24.8. The molecule has 0 bridgehead atoms. The zero-order chi connectivity index (χ0) is 20.4. The topological polar surface area (TPSA) is 87.9 Å². The van der Waals surface area contributed by atoms with Gasteiger partial charge in [0.2, 0.25) is 0 Å². The monoisotopic (exact) mass is 385 g/mol. The van der Waals surface area contributed by atoms with Gasteiger partial charge in [0, 0.05) is 12.1 Å². The second-order valence-electron chi connectivity index (χ2n) is 6.33. The SMILES string of the molecule is CCCCOc1cc(N)c(C(=O)OC(=O)c2ccccc2)c(OCCCC)c1. The van der Waals surface area contributed by atoms with Crippen molar-refractivity contribution in [2.45, 2.75) is 39.5 Å². The number of nitrogens with two attached hydrogens (primary N) is 1. The fourth-order valence-electron chi connectivity index (χ4n) is 2.46. The van der Waals surface area contributed by atoms with Gasteiger partial charge in [-0.1, -0.05) is 44.9 Å². The summed E-state index contributed by atoms with van der Waals surface area (Å²) in [7, 11) is 0. The van der Waals surface area contributed by atoms with Crippen LogP contribution in [0.2, 0.25) is 0 Å². The molecule has 0 radical (unpaired) electrons. The Kier molecular flexibility index (Phi) is 8.34. The van der Waals surface area contributed by atoms with Crippen LogP contribution in [0.3, 0.4) is 0 Å². The molecule has 0 aromatic heterocycles. The third kappa shape index (κ3) is 6.01. The van der Waals surface area contributed by atoms with E-state index in [-0.39, 0.29) is 22.6 Å². The quantitative estimate of drug-likeness (QED) is 0.278. The summed E-state index contributed by atoms with van der Waals surface area (Å²) in [5.74, 6) is -0.820. The molecule has 0 saturated heterocycles. The molecule has 0 amide bonds. The molecule has 0 heterocycles. The van der Waals surface area contributed by atoms with Crippen LogP contribution in [-0.4, -0.2) is 25.2 Å². The summed E-state index contributed by atoms with van der Waals surface area (Å²) in [6.45, 7) is 5.07. The number of nitrogen functional groups attached to an aromatic ring is 1.